The average molecular weight is 399 g/mol. The Kier molecular flexibility index (Phi) is 6.11. The minimum absolute atomic E-state index is 0.450. The van der Waals surface area contributed by atoms with Crippen molar-refractivity contribution in [1.29, 1.82) is 0 Å². The van der Waals surface area contributed by atoms with Gasteiger partial charge in [-0.25, -0.2) is 8.42 Å². The Labute approximate surface area is 159 Å². The van der Waals surface area contributed by atoms with Gasteiger partial charge in [0.25, 0.3) is 0 Å². The van der Waals surface area contributed by atoms with Crippen molar-refractivity contribution in [2.24, 2.45) is 0 Å². The Morgan fingerprint density at radius 1 is 1.23 bits per heavy atom. The van der Waals surface area contributed by atoms with Crippen molar-refractivity contribution in [2.45, 2.75) is 51.5 Å². The van der Waals surface area contributed by atoms with E-state index in [0.29, 0.717) is 43.5 Å². The molecule has 0 bridgehead atoms. The van der Waals surface area contributed by atoms with E-state index in [4.69, 9.17) is 4.52 Å². The molecule has 0 radical (unpaired) electrons. The van der Waals surface area contributed by atoms with Crippen LogP contribution in [0.5, 0.6) is 0 Å². The highest BCUT2D eigenvalue weighted by atomic mass is 32.2. The zero-order chi connectivity index (χ0) is 18.7. The summed E-state index contributed by atoms with van der Waals surface area (Å²) < 4.78 is 32.6. The third-order valence-corrected chi connectivity index (χ3v) is 7.69. The number of unbranched alkanes of at least 4 members (excludes halogenated alkanes) is 1. The highest BCUT2D eigenvalue weighted by Gasteiger charge is 2.30. The van der Waals surface area contributed by atoms with Crippen molar-refractivity contribution < 1.29 is 12.9 Å². The highest BCUT2D eigenvalue weighted by molar-refractivity contribution is 7.89. The van der Waals surface area contributed by atoms with Crippen LogP contribution in [-0.2, 0) is 23.0 Å². The minimum Gasteiger partial charge on any atom is -0.338 e. The van der Waals surface area contributed by atoms with Crippen molar-refractivity contribution in [2.75, 3.05) is 26.2 Å². The van der Waals surface area contributed by atoms with E-state index in [1.54, 1.807) is 10.4 Å². The lowest BCUT2D eigenvalue weighted by atomic mass is 10.2. The summed E-state index contributed by atoms with van der Waals surface area (Å²) in [6.45, 7) is 8.79. The van der Waals surface area contributed by atoms with Crippen molar-refractivity contribution >= 4 is 21.4 Å². The van der Waals surface area contributed by atoms with E-state index in [-0.39, 0.29) is 0 Å². The minimum atomic E-state index is -3.41. The van der Waals surface area contributed by atoms with E-state index in [1.165, 1.54) is 11.3 Å². The highest BCUT2D eigenvalue weighted by Crippen LogP contribution is 2.28. The molecule has 144 valence electrons. The summed E-state index contributed by atoms with van der Waals surface area (Å²) in [7, 11) is -3.41. The number of sulfonamides is 1. The van der Waals surface area contributed by atoms with E-state index < -0.39 is 10.0 Å². The molecule has 0 aliphatic carbocycles. The largest absolute Gasteiger partial charge is 0.338 e. The predicted molar refractivity (Wildman–Crippen MR) is 101 cm³/mol. The molecule has 7 nitrogen and oxygen atoms in total. The molecule has 0 N–H and O–H groups in total. The van der Waals surface area contributed by atoms with Gasteiger partial charge >= 0.3 is 0 Å². The van der Waals surface area contributed by atoms with E-state index in [9.17, 15) is 8.42 Å². The summed E-state index contributed by atoms with van der Waals surface area (Å²) >= 11 is 1.53. The Bertz CT molecular complexity index is 836. The molecule has 26 heavy (non-hydrogen) atoms. The van der Waals surface area contributed by atoms with Gasteiger partial charge in [-0.1, -0.05) is 18.5 Å². The molecule has 0 amide bonds. The molecular formula is C17H26N4O3S2. The van der Waals surface area contributed by atoms with Crippen molar-refractivity contribution in [3.05, 3.63) is 27.5 Å². The van der Waals surface area contributed by atoms with Crippen LogP contribution < -0.4 is 0 Å². The molecule has 0 unspecified atom stereocenters. The molecule has 2 aromatic rings. The molecule has 1 aliphatic heterocycles. The van der Waals surface area contributed by atoms with Gasteiger partial charge in [-0.15, -0.1) is 11.3 Å². The van der Waals surface area contributed by atoms with Gasteiger partial charge in [0.2, 0.25) is 15.9 Å². The molecule has 0 atom stereocenters. The molecule has 1 saturated heterocycles. The maximum absolute atomic E-state index is 12.9. The Balaban J connectivity index is 1.57. The smallest absolute Gasteiger partial charge is 0.244 e. The SMILES string of the molecule is CCCCc1noc(CN2CCN(S(=O)(=O)c3cc(C)sc3C)CC2)n1. The molecule has 3 heterocycles. The lowest BCUT2D eigenvalue weighted by Crippen LogP contribution is -2.48. The summed E-state index contributed by atoms with van der Waals surface area (Å²) in [6, 6.07) is 1.78. The summed E-state index contributed by atoms with van der Waals surface area (Å²) in [4.78, 5) is 8.91. The van der Waals surface area contributed by atoms with Gasteiger partial charge < -0.3 is 4.52 Å². The first-order valence-corrected chi connectivity index (χ1v) is 11.3. The molecule has 0 saturated carbocycles. The maximum atomic E-state index is 12.9. The normalized spacial score (nSPS) is 17.0. The van der Waals surface area contributed by atoms with Crippen LogP contribution in [0.4, 0.5) is 0 Å². The fraction of sp³-hybridized carbons (Fsp3) is 0.647. The van der Waals surface area contributed by atoms with Gasteiger partial charge in [-0.2, -0.15) is 9.29 Å². The van der Waals surface area contributed by atoms with Crippen molar-refractivity contribution in [3.8, 4) is 0 Å². The third-order valence-electron chi connectivity index (χ3n) is 4.57. The molecule has 2 aromatic heterocycles. The lowest BCUT2D eigenvalue weighted by Gasteiger charge is -2.33. The molecular weight excluding hydrogens is 372 g/mol. The number of aromatic nitrogens is 2. The zero-order valence-corrected chi connectivity index (χ0v) is 17.2. The standard InChI is InChI=1S/C17H26N4O3S2/c1-4-5-6-16-18-17(24-19-16)12-20-7-9-21(10-8-20)26(22,23)15-11-13(2)25-14(15)3/h11H,4-10,12H2,1-3H3. The second-order valence-electron chi connectivity index (χ2n) is 6.67. The fourth-order valence-corrected chi connectivity index (χ4v) is 6.06. The van der Waals surface area contributed by atoms with Gasteiger partial charge in [0.15, 0.2) is 5.82 Å². The van der Waals surface area contributed by atoms with Gasteiger partial charge in [-0.05, 0) is 26.3 Å². The van der Waals surface area contributed by atoms with Crippen LogP contribution in [0, 0.1) is 13.8 Å². The molecule has 0 spiro atoms. The molecule has 3 rings (SSSR count). The van der Waals surface area contributed by atoms with Crippen molar-refractivity contribution in [1.82, 2.24) is 19.3 Å². The average Bonchev–Trinajstić information content (AvgIpc) is 3.19. The van der Waals surface area contributed by atoms with Crippen LogP contribution in [0.3, 0.4) is 0 Å². The monoisotopic (exact) mass is 398 g/mol. The lowest BCUT2D eigenvalue weighted by molar-refractivity contribution is 0.163. The van der Waals surface area contributed by atoms with Crippen molar-refractivity contribution in [3.63, 3.8) is 0 Å². The number of aryl methyl sites for hydroxylation is 3. The molecule has 9 heteroatoms. The number of nitrogens with zero attached hydrogens (tertiary/aromatic N) is 4. The molecule has 1 fully saturated rings. The molecule has 0 aromatic carbocycles. The first-order valence-electron chi connectivity index (χ1n) is 9.01. The number of piperazine rings is 1. The van der Waals surface area contributed by atoms with E-state index in [1.807, 2.05) is 13.8 Å². The number of hydrogen-bond acceptors (Lipinski definition) is 7. The third kappa shape index (κ3) is 4.33. The number of thiophene rings is 1. The second-order valence-corrected chi connectivity index (χ2v) is 10.0. The fourth-order valence-electron chi connectivity index (χ4n) is 3.11. The van der Waals surface area contributed by atoms with E-state index >= 15 is 0 Å². The Morgan fingerprint density at radius 2 is 1.96 bits per heavy atom. The Morgan fingerprint density at radius 3 is 2.58 bits per heavy atom. The first-order chi connectivity index (χ1) is 12.4. The summed E-state index contributed by atoms with van der Waals surface area (Å²) in [6.07, 6.45) is 2.99. The van der Waals surface area contributed by atoms with Gasteiger partial charge in [0.05, 0.1) is 11.4 Å². The topological polar surface area (TPSA) is 79.5 Å². The van der Waals surface area contributed by atoms with Crippen LogP contribution in [-0.4, -0.2) is 53.9 Å². The second kappa shape index (κ2) is 8.16. The molecule has 1 aliphatic rings. The summed E-state index contributed by atoms with van der Waals surface area (Å²) in [5.41, 5.74) is 0. The Hall–Kier alpha value is -1.29. The quantitative estimate of drug-likeness (QED) is 0.713. The van der Waals surface area contributed by atoms with Crippen LogP contribution in [0.25, 0.3) is 0 Å². The maximum Gasteiger partial charge on any atom is 0.244 e. The predicted octanol–water partition coefficient (Wildman–Crippen LogP) is 2.60. The van der Waals surface area contributed by atoms with Gasteiger partial charge in [0.1, 0.15) is 0 Å². The summed E-state index contributed by atoms with van der Waals surface area (Å²) in [5.74, 6) is 1.36. The van der Waals surface area contributed by atoms with Gasteiger partial charge in [-0.3, -0.25) is 4.90 Å². The number of hydrogen-bond donors (Lipinski definition) is 0. The van der Waals surface area contributed by atoms with E-state index in [2.05, 4.69) is 22.0 Å². The number of rotatable bonds is 7. The zero-order valence-electron chi connectivity index (χ0n) is 15.6. The van der Waals surface area contributed by atoms with E-state index in [0.717, 1.165) is 34.8 Å². The van der Waals surface area contributed by atoms with Gasteiger partial charge in [0, 0.05) is 42.4 Å². The van der Waals surface area contributed by atoms with Crippen LogP contribution >= 0.6 is 11.3 Å². The summed E-state index contributed by atoms with van der Waals surface area (Å²) in [5, 5.41) is 4.01. The van der Waals surface area contributed by atoms with Crippen LogP contribution in [0.2, 0.25) is 0 Å². The van der Waals surface area contributed by atoms with Crippen LogP contribution in [0.1, 0.15) is 41.2 Å². The van der Waals surface area contributed by atoms with Crippen LogP contribution in [0.15, 0.2) is 15.5 Å². The first kappa shape index (κ1) is 19.5.